The zero-order valence-electron chi connectivity index (χ0n) is 18.2. The van der Waals surface area contributed by atoms with Crippen LogP contribution in [0.25, 0.3) is 5.65 Å². The van der Waals surface area contributed by atoms with Crippen molar-refractivity contribution in [2.24, 2.45) is 0 Å². The number of benzene rings is 1. The summed E-state index contributed by atoms with van der Waals surface area (Å²) >= 11 is 0. The zero-order chi connectivity index (χ0) is 22.2. The molecule has 176 valence electrons. The Balaban J connectivity index is 0.00000259. The molecular weight excluding hydrogens is 452 g/mol. The predicted molar refractivity (Wildman–Crippen MR) is 124 cm³/mol. The van der Waals surface area contributed by atoms with Gasteiger partial charge in [-0.3, -0.25) is 5.32 Å². The first kappa shape index (κ1) is 23.2. The molecule has 0 spiro atoms. The minimum absolute atomic E-state index is 0. The van der Waals surface area contributed by atoms with Gasteiger partial charge >= 0.3 is 6.03 Å². The quantitative estimate of drug-likeness (QED) is 0.602. The minimum Gasteiger partial charge on any atom is -0.348 e. The van der Waals surface area contributed by atoms with Crippen molar-refractivity contribution in [1.29, 1.82) is 0 Å². The molecule has 0 saturated carbocycles. The van der Waals surface area contributed by atoms with E-state index in [0.717, 1.165) is 25.1 Å². The van der Waals surface area contributed by atoms with Gasteiger partial charge in [0.25, 0.3) is 0 Å². The molecule has 0 radical (unpaired) electrons. The van der Waals surface area contributed by atoms with Crippen LogP contribution >= 0.6 is 12.4 Å². The fourth-order valence-corrected chi connectivity index (χ4v) is 4.54. The van der Waals surface area contributed by atoms with Crippen molar-refractivity contribution >= 4 is 35.7 Å². The molecule has 2 fully saturated rings. The number of piperazine rings is 1. The van der Waals surface area contributed by atoms with E-state index in [1.54, 1.807) is 15.6 Å². The molecule has 11 heteroatoms. The SMILES string of the molecule is CC1CN(C(=O)Nc2cnc3ccc(N4CCCC4c4cc(F)ccc4F)nn23)CCN1.Cl. The number of carbonyl (C=O) groups is 1. The van der Waals surface area contributed by atoms with E-state index in [9.17, 15) is 13.6 Å². The number of rotatable bonds is 3. The van der Waals surface area contributed by atoms with E-state index in [-0.39, 0.29) is 30.5 Å². The maximum Gasteiger partial charge on any atom is 0.323 e. The fraction of sp³-hybridized carbons (Fsp3) is 0.409. The third kappa shape index (κ3) is 4.58. The summed E-state index contributed by atoms with van der Waals surface area (Å²) in [5.74, 6) is 0.197. The van der Waals surface area contributed by atoms with Crippen LogP contribution in [0.4, 0.5) is 25.2 Å². The van der Waals surface area contributed by atoms with Gasteiger partial charge in [0, 0.05) is 37.8 Å². The molecule has 2 aliphatic rings. The van der Waals surface area contributed by atoms with Crippen molar-refractivity contribution in [2.75, 3.05) is 36.4 Å². The van der Waals surface area contributed by atoms with Crippen LogP contribution in [-0.2, 0) is 0 Å². The molecule has 5 rings (SSSR count). The molecule has 2 unspecified atom stereocenters. The van der Waals surface area contributed by atoms with Gasteiger partial charge in [0.05, 0.1) is 12.2 Å². The number of fused-ring (bicyclic) bond motifs is 1. The second-order valence-corrected chi connectivity index (χ2v) is 8.35. The monoisotopic (exact) mass is 477 g/mol. The van der Waals surface area contributed by atoms with Crippen molar-refractivity contribution in [2.45, 2.75) is 31.8 Å². The molecule has 0 bridgehead atoms. The lowest BCUT2D eigenvalue weighted by Gasteiger charge is -2.31. The summed E-state index contributed by atoms with van der Waals surface area (Å²) in [5, 5.41) is 10.9. The lowest BCUT2D eigenvalue weighted by Crippen LogP contribution is -2.52. The van der Waals surface area contributed by atoms with Crippen LogP contribution in [0.3, 0.4) is 0 Å². The van der Waals surface area contributed by atoms with Crippen LogP contribution in [0.1, 0.15) is 31.4 Å². The van der Waals surface area contributed by atoms with Gasteiger partial charge in [0.2, 0.25) is 0 Å². The van der Waals surface area contributed by atoms with Gasteiger partial charge in [-0.15, -0.1) is 17.5 Å². The van der Waals surface area contributed by atoms with Crippen LogP contribution in [0.5, 0.6) is 0 Å². The molecule has 2 atom stereocenters. The van der Waals surface area contributed by atoms with Crippen molar-refractivity contribution < 1.29 is 13.6 Å². The number of nitrogens with zero attached hydrogens (tertiary/aromatic N) is 5. The summed E-state index contributed by atoms with van der Waals surface area (Å²) in [6.07, 6.45) is 3.12. The highest BCUT2D eigenvalue weighted by molar-refractivity contribution is 5.89. The number of imidazole rings is 1. The number of hydrogen-bond donors (Lipinski definition) is 2. The van der Waals surface area contributed by atoms with E-state index >= 15 is 0 Å². The van der Waals surface area contributed by atoms with Gasteiger partial charge < -0.3 is 15.1 Å². The Hall–Kier alpha value is -2.98. The smallest absolute Gasteiger partial charge is 0.323 e. The second-order valence-electron chi connectivity index (χ2n) is 8.35. The Morgan fingerprint density at radius 1 is 1.21 bits per heavy atom. The number of aromatic nitrogens is 3. The number of urea groups is 1. The van der Waals surface area contributed by atoms with Gasteiger partial charge in [0.15, 0.2) is 11.5 Å². The molecule has 3 aromatic rings. The Morgan fingerprint density at radius 3 is 2.88 bits per heavy atom. The third-order valence-electron chi connectivity index (χ3n) is 6.10. The lowest BCUT2D eigenvalue weighted by atomic mass is 10.0. The van der Waals surface area contributed by atoms with Crippen molar-refractivity contribution in [3.63, 3.8) is 0 Å². The molecular formula is C22H26ClF2N7O. The fourth-order valence-electron chi connectivity index (χ4n) is 4.54. The summed E-state index contributed by atoms with van der Waals surface area (Å²) < 4.78 is 29.8. The van der Waals surface area contributed by atoms with E-state index in [4.69, 9.17) is 0 Å². The van der Waals surface area contributed by atoms with Crippen LogP contribution in [-0.4, -0.2) is 57.7 Å². The maximum absolute atomic E-state index is 14.4. The Morgan fingerprint density at radius 2 is 2.06 bits per heavy atom. The highest BCUT2D eigenvalue weighted by Gasteiger charge is 2.30. The molecule has 2 amide bonds. The topological polar surface area (TPSA) is 77.8 Å². The predicted octanol–water partition coefficient (Wildman–Crippen LogP) is 3.60. The van der Waals surface area contributed by atoms with E-state index < -0.39 is 11.6 Å². The first-order chi connectivity index (χ1) is 15.5. The summed E-state index contributed by atoms with van der Waals surface area (Å²) in [7, 11) is 0. The van der Waals surface area contributed by atoms with Crippen molar-refractivity contribution in [3.05, 3.63) is 53.7 Å². The molecule has 2 N–H and O–H groups in total. The molecule has 33 heavy (non-hydrogen) atoms. The van der Waals surface area contributed by atoms with Gasteiger partial charge in [-0.2, -0.15) is 4.52 Å². The second kappa shape index (κ2) is 9.48. The highest BCUT2D eigenvalue weighted by atomic mass is 35.5. The van der Waals surface area contributed by atoms with E-state index in [0.29, 0.717) is 48.9 Å². The standard InChI is InChI=1S/C22H25F2N7O.ClH/c1-14-13-29(10-8-25-14)22(32)27-21-12-26-19-6-7-20(28-31(19)21)30-9-2-3-18(30)16-11-15(23)4-5-17(16)24;/h4-7,11-12,14,18,25H,2-3,8-10,13H2,1H3,(H,27,32);1H. The zero-order valence-corrected chi connectivity index (χ0v) is 19.0. The van der Waals surface area contributed by atoms with Crippen molar-refractivity contribution in [3.8, 4) is 0 Å². The first-order valence-corrected chi connectivity index (χ1v) is 10.9. The molecule has 1 aromatic carbocycles. The van der Waals surface area contributed by atoms with Crippen LogP contribution in [0.15, 0.2) is 36.5 Å². The minimum atomic E-state index is -0.460. The van der Waals surface area contributed by atoms with Crippen LogP contribution < -0.4 is 15.5 Å². The highest BCUT2D eigenvalue weighted by Crippen LogP contribution is 2.36. The third-order valence-corrected chi connectivity index (χ3v) is 6.10. The first-order valence-electron chi connectivity index (χ1n) is 10.9. The Labute approximate surface area is 196 Å². The molecule has 8 nitrogen and oxygen atoms in total. The average Bonchev–Trinajstić information content (AvgIpc) is 3.42. The molecule has 2 aliphatic heterocycles. The number of carbonyl (C=O) groups excluding carboxylic acids is 1. The van der Waals surface area contributed by atoms with E-state index in [2.05, 4.69) is 20.7 Å². The van der Waals surface area contributed by atoms with E-state index in [1.165, 1.54) is 6.07 Å². The summed E-state index contributed by atoms with van der Waals surface area (Å²) in [5.41, 5.74) is 0.918. The van der Waals surface area contributed by atoms with Crippen molar-refractivity contribution in [1.82, 2.24) is 24.8 Å². The van der Waals surface area contributed by atoms with Gasteiger partial charge in [-0.1, -0.05) is 0 Å². The number of halogens is 3. The molecule has 2 aromatic heterocycles. The number of anilines is 2. The van der Waals surface area contributed by atoms with Gasteiger partial charge in [0.1, 0.15) is 17.5 Å². The number of hydrogen-bond acceptors (Lipinski definition) is 5. The number of amides is 2. The molecule has 0 aliphatic carbocycles. The summed E-state index contributed by atoms with van der Waals surface area (Å²) in [4.78, 5) is 20.8. The molecule has 2 saturated heterocycles. The Bertz CT molecular complexity index is 1160. The normalized spacial score (nSPS) is 20.7. The van der Waals surface area contributed by atoms with Gasteiger partial charge in [-0.25, -0.2) is 18.6 Å². The average molecular weight is 478 g/mol. The van der Waals surface area contributed by atoms with Gasteiger partial charge in [-0.05, 0) is 50.1 Å². The Kier molecular flexibility index (Phi) is 6.66. The lowest BCUT2D eigenvalue weighted by molar-refractivity contribution is 0.192. The molecule has 4 heterocycles. The van der Waals surface area contributed by atoms with Crippen LogP contribution in [0, 0.1) is 11.6 Å². The van der Waals surface area contributed by atoms with E-state index in [1.807, 2.05) is 24.0 Å². The summed E-state index contributed by atoms with van der Waals surface area (Å²) in [6.45, 7) is 4.71. The summed E-state index contributed by atoms with van der Waals surface area (Å²) in [6, 6.07) is 6.91. The number of nitrogens with one attached hydrogen (secondary N) is 2. The maximum atomic E-state index is 14.4. The van der Waals surface area contributed by atoms with Crippen LogP contribution in [0.2, 0.25) is 0 Å². The largest absolute Gasteiger partial charge is 0.348 e.